The van der Waals surface area contributed by atoms with Gasteiger partial charge in [-0.1, -0.05) is 54.2 Å². The molecular formula is C24H26N2O3S2. The summed E-state index contributed by atoms with van der Waals surface area (Å²) in [5, 5.41) is 2.92. The van der Waals surface area contributed by atoms with Crippen LogP contribution in [-0.2, 0) is 14.8 Å². The quantitative estimate of drug-likeness (QED) is 0.530. The Hall–Kier alpha value is -2.77. The Labute approximate surface area is 188 Å². The van der Waals surface area contributed by atoms with Gasteiger partial charge in [0, 0.05) is 9.79 Å². The third-order valence-electron chi connectivity index (χ3n) is 4.81. The minimum absolute atomic E-state index is 0.396. The van der Waals surface area contributed by atoms with Crippen LogP contribution in [0, 0.1) is 13.8 Å². The van der Waals surface area contributed by atoms with E-state index in [-0.39, 0.29) is 0 Å². The highest BCUT2D eigenvalue weighted by atomic mass is 32.2. The van der Waals surface area contributed by atoms with Crippen molar-refractivity contribution in [3.63, 3.8) is 0 Å². The second-order valence-corrected chi connectivity index (χ2v) is 10.4. The standard InChI is InChI=1S/C24H26N2O3S2/c1-17-14-15-18(2)22(16-17)26(31(4,28)29)19(3)24(27)25-21-12-8-9-13-23(21)30-20-10-6-5-7-11-20/h5-16,19H,1-4H3,(H,25,27)/t19-/m1/s1. The van der Waals surface area contributed by atoms with E-state index in [1.54, 1.807) is 13.0 Å². The highest BCUT2D eigenvalue weighted by molar-refractivity contribution is 7.99. The summed E-state index contributed by atoms with van der Waals surface area (Å²) in [6, 6.07) is 22.0. The highest BCUT2D eigenvalue weighted by Gasteiger charge is 2.30. The Morgan fingerprint density at radius 2 is 1.61 bits per heavy atom. The number of para-hydroxylation sites is 1. The molecule has 0 saturated heterocycles. The molecular weight excluding hydrogens is 428 g/mol. The van der Waals surface area contributed by atoms with Gasteiger partial charge in [-0.3, -0.25) is 9.10 Å². The van der Waals surface area contributed by atoms with Crippen molar-refractivity contribution < 1.29 is 13.2 Å². The van der Waals surface area contributed by atoms with E-state index in [9.17, 15) is 13.2 Å². The number of rotatable bonds is 7. The lowest BCUT2D eigenvalue weighted by atomic mass is 10.1. The lowest BCUT2D eigenvalue weighted by molar-refractivity contribution is -0.116. The molecule has 0 aromatic heterocycles. The Balaban J connectivity index is 1.89. The van der Waals surface area contributed by atoms with Gasteiger partial charge < -0.3 is 5.32 Å². The molecule has 0 aliphatic carbocycles. The number of anilines is 2. The average Bonchev–Trinajstić information content (AvgIpc) is 2.72. The maximum absolute atomic E-state index is 13.1. The van der Waals surface area contributed by atoms with E-state index in [0.29, 0.717) is 11.4 Å². The zero-order valence-corrected chi connectivity index (χ0v) is 19.6. The van der Waals surface area contributed by atoms with E-state index in [0.717, 1.165) is 27.2 Å². The first-order chi connectivity index (χ1) is 14.7. The molecule has 162 valence electrons. The molecule has 0 radical (unpaired) electrons. The topological polar surface area (TPSA) is 66.5 Å². The molecule has 0 spiro atoms. The molecule has 0 bridgehead atoms. The van der Waals surface area contributed by atoms with Crippen molar-refractivity contribution in [1.82, 2.24) is 0 Å². The normalized spacial score (nSPS) is 12.3. The third kappa shape index (κ3) is 5.68. The van der Waals surface area contributed by atoms with Crippen LogP contribution in [0.3, 0.4) is 0 Å². The molecule has 0 unspecified atom stereocenters. The van der Waals surface area contributed by atoms with Gasteiger partial charge in [-0.25, -0.2) is 8.42 Å². The molecule has 0 heterocycles. The van der Waals surface area contributed by atoms with Crippen LogP contribution in [0.15, 0.2) is 82.6 Å². The van der Waals surface area contributed by atoms with Crippen LogP contribution in [0.5, 0.6) is 0 Å². The van der Waals surface area contributed by atoms with Gasteiger partial charge in [0.05, 0.1) is 17.6 Å². The number of hydrogen-bond acceptors (Lipinski definition) is 4. The monoisotopic (exact) mass is 454 g/mol. The number of aryl methyl sites for hydroxylation is 2. The molecule has 0 saturated carbocycles. The zero-order chi connectivity index (χ0) is 22.6. The van der Waals surface area contributed by atoms with Gasteiger partial charge in [-0.2, -0.15) is 0 Å². The third-order valence-corrected chi connectivity index (χ3v) is 7.12. The predicted octanol–water partition coefficient (Wildman–Crippen LogP) is 5.25. The maximum Gasteiger partial charge on any atom is 0.248 e. The first kappa shape index (κ1) is 22.9. The van der Waals surface area contributed by atoms with Gasteiger partial charge in [-0.05, 0) is 62.2 Å². The van der Waals surface area contributed by atoms with Gasteiger partial charge >= 0.3 is 0 Å². The van der Waals surface area contributed by atoms with Gasteiger partial charge in [0.15, 0.2) is 0 Å². The van der Waals surface area contributed by atoms with Gasteiger partial charge in [0.2, 0.25) is 15.9 Å². The zero-order valence-electron chi connectivity index (χ0n) is 18.0. The Morgan fingerprint density at radius 1 is 0.968 bits per heavy atom. The Bertz CT molecular complexity index is 1180. The molecule has 1 atom stereocenters. The number of nitrogens with zero attached hydrogens (tertiary/aromatic N) is 1. The van der Waals surface area contributed by atoms with Crippen molar-refractivity contribution in [2.45, 2.75) is 36.6 Å². The van der Waals surface area contributed by atoms with Crippen molar-refractivity contribution in [2.75, 3.05) is 15.9 Å². The van der Waals surface area contributed by atoms with Crippen molar-refractivity contribution in [1.29, 1.82) is 0 Å². The summed E-state index contributed by atoms with van der Waals surface area (Å²) < 4.78 is 26.5. The van der Waals surface area contributed by atoms with Crippen LogP contribution in [-0.4, -0.2) is 26.6 Å². The van der Waals surface area contributed by atoms with E-state index in [1.165, 1.54) is 16.1 Å². The second-order valence-electron chi connectivity index (χ2n) is 7.43. The molecule has 0 aliphatic heterocycles. The fraction of sp³-hybridized carbons (Fsp3) is 0.208. The highest BCUT2D eigenvalue weighted by Crippen LogP contribution is 2.34. The molecule has 3 aromatic rings. The fourth-order valence-electron chi connectivity index (χ4n) is 3.25. The number of nitrogens with one attached hydrogen (secondary N) is 1. The van der Waals surface area contributed by atoms with Crippen LogP contribution >= 0.6 is 11.8 Å². The maximum atomic E-state index is 13.1. The van der Waals surface area contributed by atoms with E-state index >= 15 is 0 Å². The van der Waals surface area contributed by atoms with Crippen molar-refractivity contribution in [2.24, 2.45) is 0 Å². The number of benzene rings is 3. The molecule has 3 aromatic carbocycles. The molecule has 0 fully saturated rings. The SMILES string of the molecule is Cc1ccc(C)c(N([C@H](C)C(=O)Nc2ccccc2Sc2ccccc2)S(C)(=O)=O)c1. The summed E-state index contributed by atoms with van der Waals surface area (Å²) >= 11 is 1.54. The van der Waals surface area contributed by atoms with Crippen LogP contribution in [0.25, 0.3) is 0 Å². The summed E-state index contributed by atoms with van der Waals surface area (Å²) in [7, 11) is -3.69. The van der Waals surface area contributed by atoms with Crippen molar-refractivity contribution in [3.8, 4) is 0 Å². The van der Waals surface area contributed by atoms with Gasteiger partial charge in [0.1, 0.15) is 6.04 Å². The lowest BCUT2D eigenvalue weighted by Crippen LogP contribution is -2.45. The van der Waals surface area contributed by atoms with E-state index in [4.69, 9.17) is 0 Å². The van der Waals surface area contributed by atoms with E-state index in [1.807, 2.05) is 80.6 Å². The minimum Gasteiger partial charge on any atom is -0.323 e. The van der Waals surface area contributed by atoms with E-state index < -0.39 is 22.0 Å². The summed E-state index contributed by atoms with van der Waals surface area (Å²) in [6.45, 7) is 5.33. The fourth-order valence-corrected chi connectivity index (χ4v) is 5.40. The van der Waals surface area contributed by atoms with E-state index in [2.05, 4.69) is 5.32 Å². The first-order valence-electron chi connectivity index (χ1n) is 9.86. The number of carbonyl (C=O) groups excluding carboxylic acids is 1. The summed E-state index contributed by atoms with van der Waals surface area (Å²) in [5.41, 5.74) is 2.86. The smallest absolute Gasteiger partial charge is 0.248 e. The van der Waals surface area contributed by atoms with Crippen LogP contribution in [0.4, 0.5) is 11.4 Å². The minimum atomic E-state index is -3.69. The molecule has 1 N–H and O–H groups in total. The van der Waals surface area contributed by atoms with Crippen LogP contribution < -0.4 is 9.62 Å². The molecule has 0 aliphatic rings. The number of amides is 1. The summed E-state index contributed by atoms with van der Waals surface area (Å²) in [5.74, 6) is -0.396. The summed E-state index contributed by atoms with van der Waals surface area (Å²) in [4.78, 5) is 15.1. The first-order valence-corrected chi connectivity index (χ1v) is 12.5. The largest absolute Gasteiger partial charge is 0.323 e. The Kier molecular flexibility index (Phi) is 7.08. The molecule has 31 heavy (non-hydrogen) atoms. The van der Waals surface area contributed by atoms with Crippen molar-refractivity contribution in [3.05, 3.63) is 83.9 Å². The lowest BCUT2D eigenvalue weighted by Gasteiger charge is -2.30. The molecule has 5 nitrogen and oxygen atoms in total. The van der Waals surface area contributed by atoms with Gasteiger partial charge in [-0.15, -0.1) is 0 Å². The predicted molar refractivity (Wildman–Crippen MR) is 128 cm³/mol. The second kappa shape index (κ2) is 9.58. The van der Waals surface area contributed by atoms with Crippen molar-refractivity contribution >= 4 is 39.1 Å². The molecule has 7 heteroatoms. The number of carbonyl (C=O) groups is 1. The van der Waals surface area contributed by atoms with Gasteiger partial charge in [0.25, 0.3) is 0 Å². The molecule has 3 rings (SSSR count). The number of sulfonamides is 1. The number of hydrogen-bond donors (Lipinski definition) is 1. The average molecular weight is 455 g/mol. The summed E-state index contributed by atoms with van der Waals surface area (Å²) in [6.07, 6.45) is 1.12. The van der Waals surface area contributed by atoms with Crippen LogP contribution in [0.1, 0.15) is 18.1 Å². The molecule has 1 amide bonds. The Morgan fingerprint density at radius 3 is 2.29 bits per heavy atom. The van der Waals surface area contributed by atoms with Crippen LogP contribution in [0.2, 0.25) is 0 Å².